The van der Waals surface area contributed by atoms with E-state index in [-0.39, 0.29) is 12.5 Å². The molecule has 0 aliphatic carbocycles. The summed E-state index contributed by atoms with van der Waals surface area (Å²) in [6.45, 7) is 1.01. The van der Waals surface area contributed by atoms with Crippen molar-refractivity contribution in [2.24, 2.45) is 7.05 Å². The van der Waals surface area contributed by atoms with Crippen molar-refractivity contribution >= 4 is 27.8 Å². The Morgan fingerprint density at radius 2 is 2.26 bits per heavy atom. The van der Waals surface area contributed by atoms with Crippen LogP contribution < -0.4 is 0 Å². The van der Waals surface area contributed by atoms with Gasteiger partial charge in [-0.05, 0) is 22.0 Å². The molecule has 0 spiro atoms. The van der Waals surface area contributed by atoms with Gasteiger partial charge in [0, 0.05) is 24.3 Å². The maximum atomic E-state index is 12.4. The molecule has 1 aromatic rings. The number of morpholine rings is 1. The Hall–Kier alpha value is -1.34. The van der Waals surface area contributed by atoms with E-state index >= 15 is 0 Å². The highest BCUT2D eigenvalue weighted by Gasteiger charge is 2.31. The van der Waals surface area contributed by atoms with Crippen LogP contribution in [0.5, 0.6) is 0 Å². The number of methoxy groups -OCH3 is 1. The number of hydrogen-bond donors (Lipinski definition) is 0. The summed E-state index contributed by atoms with van der Waals surface area (Å²) in [7, 11) is 3.11. The SMILES string of the molecule is COC(=O)C1CN(C(=O)c2cc(Br)cn2C)CCO1. The monoisotopic (exact) mass is 330 g/mol. The molecule has 2 heterocycles. The molecule has 7 heteroatoms. The normalized spacial score (nSPS) is 19.3. The van der Waals surface area contributed by atoms with Crippen LogP contribution >= 0.6 is 15.9 Å². The Labute approximate surface area is 119 Å². The number of hydrogen-bond acceptors (Lipinski definition) is 4. The fourth-order valence-electron chi connectivity index (χ4n) is 2.01. The summed E-state index contributed by atoms with van der Waals surface area (Å²) in [6, 6.07) is 1.75. The summed E-state index contributed by atoms with van der Waals surface area (Å²) in [5.41, 5.74) is 0.567. The predicted molar refractivity (Wildman–Crippen MR) is 70.8 cm³/mol. The maximum Gasteiger partial charge on any atom is 0.336 e. The van der Waals surface area contributed by atoms with Gasteiger partial charge in [-0.25, -0.2) is 4.79 Å². The van der Waals surface area contributed by atoms with E-state index < -0.39 is 12.1 Å². The van der Waals surface area contributed by atoms with Crippen molar-refractivity contribution in [3.8, 4) is 0 Å². The number of carbonyl (C=O) groups excluding carboxylic acids is 2. The lowest BCUT2D eigenvalue weighted by atomic mass is 10.2. The molecule has 1 aliphatic heterocycles. The minimum atomic E-state index is -0.702. The molecule has 1 aromatic heterocycles. The average Bonchev–Trinajstić information content (AvgIpc) is 2.76. The molecular weight excluding hydrogens is 316 g/mol. The fourth-order valence-corrected chi connectivity index (χ4v) is 2.53. The number of esters is 1. The van der Waals surface area contributed by atoms with Crippen LogP contribution in [0.4, 0.5) is 0 Å². The number of aromatic nitrogens is 1. The summed E-state index contributed by atoms with van der Waals surface area (Å²) >= 11 is 3.33. The maximum absolute atomic E-state index is 12.4. The Kier molecular flexibility index (Phi) is 4.26. The second-order valence-electron chi connectivity index (χ2n) is 4.29. The Morgan fingerprint density at radius 1 is 1.53 bits per heavy atom. The molecule has 2 rings (SSSR count). The fraction of sp³-hybridized carbons (Fsp3) is 0.500. The van der Waals surface area contributed by atoms with Crippen LogP contribution in [-0.2, 0) is 21.3 Å². The highest BCUT2D eigenvalue weighted by Crippen LogP contribution is 2.17. The molecule has 1 saturated heterocycles. The Balaban J connectivity index is 2.11. The molecule has 0 aromatic carbocycles. The van der Waals surface area contributed by atoms with Gasteiger partial charge in [0.1, 0.15) is 5.69 Å². The Morgan fingerprint density at radius 3 is 2.84 bits per heavy atom. The average molecular weight is 331 g/mol. The van der Waals surface area contributed by atoms with Crippen molar-refractivity contribution in [3.63, 3.8) is 0 Å². The van der Waals surface area contributed by atoms with Crippen LogP contribution in [0.25, 0.3) is 0 Å². The van der Waals surface area contributed by atoms with Gasteiger partial charge in [0.25, 0.3) is 5.91 Å². The molecule has 0 N–H and O–H groups in total. The topological polar surface area (TPSA) is 60.8 Å². The molecule has 1 fully saturated rings. The van der Waals surface area contributed by atoms with Crippen LogP contribution in [0, 0.1) is 0 Å². The molecule has 104 valence electrons. The van der Waals surface area contributed by atoms with Gasteiger partial charge in [-0.15, -0.1) is 0 Å². The van der Waals surface area contributed by atoms with Gasteiger partial charge in [0.15, 0.2) is 6.10 Å². The van der Waals surface area contributed by atoms with Crippen LogP contribution in [-0.4, -0.2) is 54.3 Å². The third kappa shape index (κ3) is 2.98. The zero-order valence-electron chi connectivity index (χ0n) is 10.8. The van der Waals surface area contributed by atoms with Crippen molar-refractivity contribution in [2.45, 2.75) is 6.10 Å². The van der Waals surface area contributed by atoms with Crippen molar-refractivity contribution in [1.29, 1.82) is 0 Å². The lowest BCUT2D eigenvalue weighted by Crippen LogP contribution is -2.49. The summed E-state index contributed by atoms with van der Waals surface area (Å²) in [6.07, 6.45) is 1.11. The van der Waals surface area contributed by atoms with E-state index in [9.17, 15) is 9.59 Å². The number of rotatable bonds is 2. The van der Waals surface area contributed by atoms with E-state index in [1.54, 1.807) is 22.6 Å². The lowest BCUT2D eigenvalue weighted by molar-refractivity contribution is -0.158. The van der Waals surface area contributed by atoms with Gasteiger partial charge in [-0.2, -0.15) is 0 Å². The summed E-state index contributed by atoms with van der Waals surface area (Å²) < 4.78 is 12.5. The third-order valence-electron chi connectivity index (χ3n) is 3.01. The first-order chi connectivity index (χ1) is 9.02. The van der Waals surface area contributed by atoms with Crippen LogP contribution in [0.1, 0.15) is 10.5 Å². The zero-order chi connectivity index (χ0) is 14.0. The molecule has 1 atom stereocenters. The van der Waals surface area contributed by atoms with Gasteiger partial charge < -0.3 is 18.9 Å². The molecule has 0 radical (unpaired) electrons. The molecule has 1 amide bonds. The number of amides is 1. The van der Waals surface area contributed by atoms with Crippen molar-refractivity contribution in [2.75, 3.05) is 26.8 Å². The quantitative estimate of drug-likeness (QED) is 0.752. The summed E-state index contributed by atoms with van der Waals surface area (Å²) in [5.74, 6) is -0.573. The molecular formula is C12H15BrN2O4. The van der Waals surface area contributed by atoms with Gasteiger partial charge in [-0.3, -0.25) is 4.79 Å². The van der Waals surface area contributed by atoms with Crippen molar-refractivity contribution < 1.29 is 19.1 Å². The predicted octanol–water partition coefficient (Wildman–Crippen LogP) is 0.802. The van der Waals surface area contributed by atoms with E-state index in [0.717, 1.165) is 4.47 Å². The minimum Gasteiger partial charge on any atom is -0.467 e. The smallest absolute Gasteiger partial charge is 0.336 e. The number of ether oxygens (including phenoxy) is 2. The summed E-state index contributed by atoms with van der Waals surface area (Å²) in [5, 5.41) is 0. The second-order valence-corrected chi connectivity index (χ2v) is 5.20. The van der Waals surface area contributed by atoms with E-state index in [4.69, 9.17) is 4.74 Å². The number of aryl methyl sites for hydroxylation is 1. The first kappa shape index (κ1) is 14.1. The van der Waals surface area contributed by atoms with E-state index in [0.29, 0.717) is 18.8 Å². The van der Waals surface area contributed by atoms with Gasteiger partial charge in [0.05, 0.1) is 20.3 Å². The van der Waals surface area contributed by atoms with Gasteiger partial charge in [-0.1, -0.05) is 0 Å². The molecule has 6 nitrogen and oxygen atoms in total. The molecule has 1 unspecified atom stereocenters. The minimum absolute atomic E-state index is 0.120. The largest absolute Gasteiger partial charge is 0.467 e. The second kappa shape index (κ2) is 5.75. The first-order valence-corrected chi connectivity index (χ1v) is 6.63. The molecule has 0 saturated carbocycles. The Bertz CT molecular complexity index is 500. The number of nitrogens with zero attached hydrogens (tertiary/aromatic N) is 2. The third-order valence-corrected chi connectivity index (χ3v) is 3.44. The lowest BCUT2D eigenvalue weighted by Gasteiger charge is -2.31. The number of carbonyl (C=O) groups is 2. The van der Waals surface area contributed by atoms with Crippen LogP contribution in [0.2, 0.25) is 0 Å². The number of halogens is 1. The molecule has 19 heavy (non-hydrogen) atoms. The highest BCUT2D eigenvalue weighted by atomic mass is 79.9. The summed E-state index contributed by atoms with van der Waals surface area (Å²) in [4.78, 5) is 25.4. The first-order valence-electron chi connectivity index (χ1n) is 5.83. The van der Waals surface area contributed by atoms with Crippen LogP contribution in [0.15, 0.2) is 16.7 Å². The van der Waals surface area contributed by atoms with Crippen molar-refractivity contribution in [3.05, 3.63) is 22.4 Å². The van der Waals surface area contributed by atoms with E-state index in [1.807, 2.05) is 6.20 Å². The molecule has 1 aliphatic rings. The van der Waals surface area contributed by atoms with E-state index in [1.165, 1.54) is 7.11 Å². The molecule has 0 bridgehead atoms. The zero-order valence-corrected chi connectivity index (χ0v) is 12.3. The van der Waals surface area contributed by atoms with Crippen LogP contribution in [0.3, 0.4) is 0 Å². The standard InChI is InChI=1S/C12H15BrN2O4/c1-14-6-8(13)5-9(14)11(16)15-3-4-19-10(7-15)12(17)18-2/h5-6,10H,3-4,7H2,1-2H3. The van der Waals surface area contributed by atoms with Crippen molar-refractivity contribution in [1.82, 2.24) is 9.47 Å². The highest BCUT2D eigenvalue weighted by molar-refractivity contribution is 9.10. The van der Waals surface area contributed by atoms with Gasteiger partial charge >= 0.3 is 5.97 Å². The van der Waals surface area contributed by atoms with Gasteiger partial charge in [0.2, 0.25) is 0 Å². The van der Waals surface area contributed by atoms with E-state index in [2.05, 4.69) is 20.7 Å².